The fourth-order valence-electron chi connectivity index (χ4n) is 2.75. The zero-order valence-corrected chi connectivity index (χ0v) is 12.4. The zero-order chi connectivity index (χ0) is 15.4. The van der Waals surface area contributed by atoms with E-state index in [-0.39, 0.29) is 11.5 Å². The van der Waals surface area contributed by atoms with E-state index in [1.165, 1.54) is 6.20 Å². The highest BCUT2D eigenvalue weighted by molar-refractivity contribution is 5.54. The second-order valence-electron chi connectivity index (χ2n) is 5.46. The Morgan fingerprint density at radius 2 is 2.33 bits per heavy atom. The van der Waals surface area contributed by atoms with E-state index in [1.54, 1.807) is 7.11 Å². The topological polar surface area (TPSA) is 107 Å². The quantitative estimate of drug-likeness (QED) is 0.627. The third-order valence-electron chi connectivity index (χ3n) is 3.88. The molecule has 1 heterocycles. The van der Waals surface area contributed by atoms with Gasteiger partial charge in [-0.1, -0.05) is 6.92 Å². The van der Waals surface area contributed by atoms with Gasteiger partial charge in [0.25, 0.3) is 0 Å². The van der Waals surface area contributed by atoms with Gasteiger partial charge in [-0.15, -0.1) is 0 Å². The van der Waals surface area contributed by atoms with E-state index in [4.69, 9.17) is 10.5 Å². The maximum atomic E-state index is 10.8. The number of ether oxygens (including phenoxy) is 1. The molecule has 1 aliphatic carbocycles. The van der Waals surface area contributed by atoms with Crippen LogP contribution in [0.2, 0.25) is 0 Å². The average molecular weight is 295 g/mol. The van der Waals surface area contributed by atoms with Crippen molar-refractivity contribution in [3.8, 4) is 0 Å². The van der Waals surface area contributed by atoms with E-state index in [2.05, 4.69) is 16.9 Å². The fourth-order valence-corrected chi connectivity index (χ4v) is 2.75. The van der Waals surface area contributed by atoms with Gasteiger partial charge in [-0.2, -0.15) is 4.98 Å². The molecule has 2 rings (SSSR count). The van der Waals surface area contributed by atoms with Gasteiger partial charge in [0.2, 0.25) is 11.8 Å². The minimum Gasteiger partial charge on any atom is -0.383 e. The fraction of sp³-hybridized carbons (Fsp3) is 0.692. The number of methoxy groups -OCH3 is 1. The van der Waals surface area contributed by atoms with Crippen LogP contribution in [0.1, 0.15) is 26.2 Å². The molecule has 21 heavy (non-hydrogen) atoms. The molecular weight excluding hydrogens is 274 g/mol. The summed E-state index contributed by atoms with van der Waals surface area (Å²) in [6.07, 6.45) is 4.46. The lowest BCUT2D eigenvalue weighted by Crippen LogP contribution is -2.37. The summed E-state index contributed by atoms with van der Waals surface area (Å²) in [6, 6.07) is 0.330. The summed E-state index contributed by atoms with van der Waals surface area (Å²) < 4.78 is 5.14. The van der Waals surface area contributed by atoms with Crippen molar-refractivity contribution < 1.29 is 9.66 Å². The summed E-state index contributed by atoms with van der Waals surface area (Å²) in [5.74, 6) is 1.00. The SMILES string of the molecule is COCCN(c1ncc([N+](=O)[O-])c(N)n1)C1CCC(C)C1. The number of aromatic nitrogens is 2. The molecule has 0 aromatic carbocycles. The number of nitro groups is 1. The normalized spacial score (nSPS) is 21.4. The number of anilines is 2. The molecule has 1 aliphatic rings. The van der Waals surface area contributed by atoms with Crippen LogP contribution in [-0.2, 0) is 4.74 Å². The van der Waals surface area contributed by atoms with Crippen molar-refractivity contribution in [2.24, 2.45) is 5.92 Å². The molecule has 0 spiro atoms. The van der Waals surface area contributed by atoms with Gasteiger partial charge >= 0.3 is 5.69 Å². The monoisotopic (exact) mass is 295 g/mol. The van der Waals surface area contributed by atoms with Crippen LogP contribution in [0, 0.1) is 16.0 Å². The summed E-state index contributed by atoms with van der Waals surface area (Å²) in [7, 11) is 1.64. The van der Waals surface area contributed by atoms with Crippen molar-refractivity contribution in [1.29, 1.82) is 0 Å². The van der Waals surface area contributed by atoms with Crippen molar-refractivity contribution in [1.82, 2.24) is 9.97 Å². The summed E-state index contributed by atoms with van der Waals surface area (Å²) in [5, 5.41) is 10.8. The van der Waals surface area contributed by atoms with Gasteiger partial charge in [0.05, 0.1) is 11.5 Å². The molecule has 1 aromatic heterocycles. The molecule has 2 atom stereocenters. The Balaban J connectivity index is 2.23. The molecule has 0 radical (unpaired) electrons. The van der Waals surface area contributed by atoms with Crippen LogP contribution in [0.15, 0.2) is 6.20 Å². The maximum Gasteiger partial charge on any atom is 0.329 e. The highest BCUT2D eigenvalue weighted by Gasteiger charge is 2.29. The molecule has 8 heteroatoms. The van der Waals surface area contributed by atoms with Crippen LogP contribution in [0.4, 0.5) is 17.5 Å². The standard InChI is InChI=1S/C13H21N5O3/c1-9-3-4-10(7-9)17(5-6-21-2)13-15-8-11(18(19)20)12(14)16-13/h8-10H,3-7H2,1-2H3,(H2,14,15,16). The summed E-state index contributed by atoms with van der Waals surface area (Å²) in [4.78, 5) is 20.5. The van der Waals surface area contributed by atoms with Crippen LogP contribution in [0.25, 0.3) is 0 Å². The number of hydrogen-bond donors (Lipinski definition) is 1. The lowest BCUT2D eigenvalue weighted by atomic mass is 10.1. The number of nitrogen functional groups attached to an aromatic ring is 1. The number of hydrogen-bond acceptors (Lipinski definition) is 7. The molecular formula is C13H21N5O3. The first-order valence-corrected chi connectivity index (χ1v) is 7.05. The molecule has 1 fully saturated rings. The maximum absolute atomic E-state index is 10.8. The minimum absolute atomic E-state index is 0.0986. The van der Waals surface area contributed by atoms with Crippen molar-refractivity contribution in [3.05, 3.63) is 16.3 Å². The van der Waals surface area contributed by atoms with E-state index < -0.39 is 4.92 Å². The van der Waals surface area contributed by atoms with E-state index in [0.29, 0.717) is 31.1 Å². The third-order valence-corrected chi connectivity index (χ3v) is 3.88. The zero-order valence-electron chi connectivity index (χ0n) is 12.4. The molecule has 0 amide bonds. The molecule has 2 unspecified atom stereocenters. The van der Waals surface area contributed by atoms with Gasteiger partial charge in [0, 0.05) is 19.7 Å². The van der Waals surface area contributed by atoms with Crippen molar-refractivity contribution >= 4 is 17.5 Å². The van der Waals surface area contributed by atoms with Crippen LogP contribution < -0.4 is 10.6 Å². The Labute approximate surface area is 123 Å². The highest BCUT2D eigenvalue weighted by atomic mass is 16.6. The predicted octanol–water partition coefficient (Wildman–Crippen LogP) is 1.61. The van der Waals surface area contributed by atoms with E-state index >= 15 is 0 Å². The second-order valence-corrected chi connectivity index (χ2v) is 5.46. The largest absolute Gasteiger partial charge is 0.383 e. The van der Waals surface area contributed by atoms with Crippen molar-refractivity contribution in [3.63, 3.8) is 0 Å². The number of nitrogens with two attached hydrogens (primary N) is 1. The van der Waals surface area contributed by atoms with Gasteiger partial charge in [-0.25, -0.2) is 4.98 Å². The molecule has 1 aromatic rings. The Morgan fingerprint density at radius 3 is 2.86 bits per heavy atom. The molecule has 0 aliphatic heterocycles. The smallest absolute Gasteiger partial charge is 0.329 e. The first-order valence-electron chi connectivity index (χ1n) is 7.05. The lowest BCUT2D eigenvalue weighted by Gasteiger charge is -2.28. The van der Waals surface area contributed by atoms with Crippen LogP contribution >= 0.6 is 0 Å². The molecule has 8 nitrogen and oxygen atoms in total. The molecule has 2 N–H and O–H groups in total. The summed E-state index contributed by atoms with van der Waals surface area (Å²) in [5.41, 5.74) is 5.40. The average Bonchev–Trinajstić information content (AvgIpc) is 2.85. The van der Waals surface area contributed by atoms with Gasteiger partial charge in [0.15, 0.2) is 0 Å². The third kappa shape index (κ3) is 3.57. The van der Waals surface area contributed by atoms with Gasteiger partial charge in [-0.3, -0.25) is 10.1 Å². The van der Waals surface area contributed by atoms with Gasteiger partial charge in [-0.05, 0) is 25.2 Å². The first-order chi connectivity index (χ1) is 10.0. The van der Waals surface area contributed by atoms with Crippen LogP contribution in [0.3, 0.4) is 0 Å². The number of nitrogens with zero attached hydrogens (tertiary/aromatic N) is 4. The molecule has 116 valence electrons. The van der Waals surface area contributed by atoms with Gasteiger partial charge < -0.3 is 15.4 Å². The number of rotatable bonds is 6. The van der Waals surface area contributed by atoms with Crippen molar-refractivity contribution in [2.75, 3.05) is 30.9 Å². The molecule has 1 saturated carbocycles. The highest BCUT2D eigenvalue weighted by Crippen LogP contribution is 2.31. The Kier molecular flexibility index (Phi) is 4.89. The Morgan fingerprint density at radius 1 is 1.57 bits per heavy atom. The summed E-state index contributed by atoms with van der Waals surface area (Å²) in [6.45, 7) is 3.41. The second kappa shape index (κ2) is 6.66. The van der Waals surface area contributed by atoms with E-state index in [0.717, 1.165) is 19.3 Å². The minimum atomic E-state index is -0.573. The summed E-state index contributed by atoms with van der Waals surface area (Å²) >= 11 is 0. The molecule has 0 saturated heterocycles. The molecule has 0 bridgehead atoms. The van der Waals surface area contributed by atoms with Crippen LogP contribution in [0.5, 0.6) is 0 Å². The first kappa shape index (κ1) is 15.4. The predicted molar refractivity (Wildman–Crippen MR) is 79.1 cm³/mol. The Bertz CT molecular complexity index is 511. The van der Waals surface area contributed by atoms with E-state index in [9.17, 15) is 10.1 Å². The Hall–Kier alpha value is -1.96. The van der Waals surface area contributed by atoms with E-state index in [1.807, 2.05) is 4.90 Å². The van der Waals surface area contributed by atoms with Crippen LogP contribution in [-0.4, -0.2) is 41.2 Å². The van der Waals surface area contributed by atoms with Crippen molar-refractivity contribution in [2.45, 2.75) is 32.2 Å². The lowest BCUT2D eigenvalue weighted by molar-refractivity contribution is -0.384. The van der Waals surface area contributed by atoms with Gasteiger partial charge in [0.1, 0.15) is 6.20 Å².